The number of halogens is 1. The number of ether oxygens (including phenoxy) is 1. The molecule has 2 aromatic carbocycles. The van der Waals surface area contributed by atoms with E-state index < -0.39 is 0 Å². The van der Waals surface area contributed by atoms with Gasteiger partial charge in [0.1, 0.15) is 11.6 Å². The summed E-state index contributed by atoms with van der Waals surface area (Å²) in [6.07, 6.45) is 2.55. The second-order valence-electron chi connectivity index (χ2n) is 7.11. The van der Waals surface area contributed by atoms with Gasteiger partial charge in [-0.1, -0.05) is 59.8 Å². The van der Waals surface area contributed by atoms with Crippen LogP contribution in [0.4, 0.5) is 0 Å². The first-order valence-corrected chi connectivity index (χ1v) is 11.3. The minimum absolute atomic E-state index is 0.588. The highest BCUT2D eigenvalue weighted by Crippen LogP contribution is 2.22. The first-order valence-electron chi connectivity index (χ1n) is 9.97. The highest BCUT2D eigenvalue weighted by Gasteiger charge is 2.18. The molecular weight excluding hydrogens is 404 g/mol. The van der Waals surface area contributed by atoms with Crippen LogP contribution in [-0.4, -0.2) is 45.1 Å². The zero-order chi connectivity index (χ0) is 19.9. The van der Waals surface area contributed by atoms with Crippen LogP contribution in [-0.2, 0) is 13.1 Å². The largest absolute Gasteiger partial charge is 0.493 e. The van der Waals surface area contributed by atoms with Gasteiger partial charge in [-0.25, -0.2) is 0 Å². The number of aromatic nitrogens is 3. The summed E-state index contributed by atoms with van der Waals surface area (Å²) in [6.45, 7) is 4.53. The third-order valence-electron chi connectivity index (χ3n) is 4.92. The number of likely N-dealkylation sites (tertiary alicyclic amines) is 1. The van der Waals surface area contributed by atoms with Crippen LogP contribution in [0.5, 0.6) is 5.75 Å². The molecule has 152 valence electrons. The van der Waals surface area contributed by atoms with E-state index in [1.165, 1.54) is 18.4 Å². The standard InChI is InChI=1S/C22H25ClN4OS/c23-19-9-6-10-20(15-19)28-13-14-29-22-25-24-21(17-26-11-4-5-12-26)27(22)16-18-7-2-1-3-8-18/h1-3,6-10,15H,4-5,11-14,16-17H2. The molecule has 0 saturated carbocycles. The third-order valence-corrected chi connectivity index (χ3v) is 6.09. The zero-order valence-corrected chi connectivity index (χ0v) is 17.9. The first kappa shape index (κ1) is 20.3. The molecule has 0 N–H and O–H groups in total. The van der Waals surface area contributed by atoms with Crippen molar-refractivity contribution in [1.82, 2.24) is 19.7 Å². The topological polar surface area (TPSA) is 43.2 Å². The van der Waals surface area contributed by atoms with Gasteiger partial charge >= 0.3 is 0 Å². The van der Waals surface area contributed by atoms with Crippen molar-refractivity contribution in [3.63, 3.8) is 0 Å². The van der Waals surface area contributed by atoms with Crippen molar-refractivity contribution in [1.29, 1.82) is 0 Å². The van der Waals surface area contributed by atoms with Gasteiger partial charge < -0.3 is 9.30 Å². The van der Waals surface area contributed by atoms with Crippen molar-refractivity contribution >= 4 is 23.4 Å². The highest BCUT2D eigenvalue weighted by atomic mass is 35.5. The van der Waals surface area contributed by atoms with Crippen LogP contribution in [0.15, 0.2) is 59.8 Å². The Morgan fingerprint density at radius 2 is 1.79 bits per heavy atom. The molecule has 1 aliphatic heterocycles. The Morgan fingerprint density at radius 1 is 0.966 bits per heavy atom. The first-order chi connectivity index (χ1) is 14.3. The van der Waals surface area contributed by atoms with Gasteiger partial charge in [-0.2, -0.15) is 0 Å². The van der Waals surface area contributed by atoms with Gasteiger partial charge in [0, 0.05) is 10.8 Å². The average molecular weight is 429 g/mol. The van der Waals surface area contributed by atoms with Crippen molar-refractivity contribution in [2.45, 2.75) is 31.1 Å². The van der Waals surface area contributed by atoms with Crippen LogP contribution in [0.25, 0.3) is 0 Å². The van der Waals surface area contributed by atoms with Crippen LogP contribution in [0.1, 0.15) is 24.2 Å². The summed E-state index contributed by atoms with van der Waals surface area (Å²) in [6, 6.07) is 18.0. The van der Waals surface area contributed by atoms with E-state index in [0.717, 1.165) is 48.7 Å². The number of hydrogen-bond acceptors (Lipinski definition) is 5. The third kappa shape index (κ3) is 5.75. The van der Waals surface area contributed by atoms with Crippen molar-refractivity contribution in [2.24, 2.45) is 0 Å². The fourth-order valence-electron chi connectivity index (χ4n) is 3.46. The molecule has 29 heavy (non-hydrogen) atoms. The molecule has 1 aromatic heterocycles. The highest BCUT2D eigenvalue weighted by molar-refractivity contribution is 7.99. The van der Waals surface area contributed by atoms with Gasteiger partial charge in [0.15, 0.2) is 5.16 Å². The van der Waals surface area contributed by atoms with E-state index in [0.29, 0.717) is 11.6 Å². The lowest BCUT2D eigenvalue weighted by Gasteiger charge is -2.16. The molecule has 0 atom stereocenters. The number of thioether (sulfide) groups is 1. The lowest BCUT2D eigenvalue weighted by Crippen LogP contribution is -2.21. The van der Waals surface area contributed by atoms with E-state index >= 15 is 0 Å². The average Bonchev–Trinajstić information content (AvgIpc) is 3.38. The summed E-state index contributed by atoms with van der Waals surface area (Å²) in [4.78, 5) is 2.46. The normalized spacial score (nSPS) is 14.4. The van der Waals surface area contributed by atoms with E-state index in [1.54, 1.807) is 11.8 Å². The molecule has 0 radical (unpaired) electrons. The Balaban J connectivity index is 1.41. The summed E-state index contributed by atoms with van der Waals surface area (Å²) in [5.74, 6) is 2.62. The van der Waals surface area contributed by atoms with E-state index in [9.17, 15) is 0 Å². The van der Waals surface area contributed by atoms with Gasteiger partial charge in [0.2, 0.25) is 0 Å². The molecule has 0 unspecified atom stereocenters. The number of nitrogens with zero attached hydrogens (tertiary/aromatic N) is 4. The van der Waals surface area contributed by atoms with Gasteiger partial charge in [0.25, 0.3) is 0 Å². The van der Waals surface area contributed by atoms with Gasteiger partial charge in [-0.3, -0.25) is 4.90 Å². The summed E-state index contributed by atoms with van der Waals surface area (Å²) < 4.78 is 8.06. The maximum Gasteiger partial charge on any atom is 0.191 e. The molecule has 2 heterocycles. The quantitative estimate of drug-likeness (QED) is 0.363. The summed E-state index contributed by atoms with van der Waals surface area (Å²) >= 11 is 7.69. The molecule has 0 aliphatic carbocycles. The fraction of sp³-hybridized carbons (Fsp3) is 0.364. The van der Waals surface area contributed by atoms with Crippen molar-refractivity contribution < 1.29 is 4.74 Å². The molecule has 1 fully saturated rings. The van der Waals surface area contributed by atoms with E-state index in [2.05, 4.69) is 43.9 Å². The van der Waals surface area contributed by atoms with E-state index in [1.807, 2.05) is 30.3 Å². The molecule has 0 amide bonds. The van der Waals surface area contributed by atoms with Crippen molar-refractivity contribution in [3.8, 4) is 5.75 Å². The Labute approximate surface area is 181 Å². The summed E-state index contributed by atoms with van der Waals surface area (Å²) in [7, 11) is 0. The molecule has 4 rings (SSSR count). The monoisotopic (exact) mass is 428 g/mol. The minimum Gasteiger partial charge on any atom is -0.493 e. The van der Waals surface area contributed by atoms with E-state index in [-0.39, 0.29) is 0 Å². The van der Waals surface area contributed by atoms with Crippen LogP contribution < -0.4 is 4.74 Å². The molecule has 1 saturated heterocycles. The maximum atomic E-state index is 6.01. The predicted octanol–water partition coefficient (Wildman–Crippen LogP) is 4.75. The minimum atomic E-state index is 0.588. The number of rotatable bonds is 9. The Morgan fingerprint density at radius 3 is 2.59 bits per heavy atom. The molecule has 5 nitrogen and oxygen atoms in total. The number of benzene rings is 2. The van der Waals surface area contributed by atoms with Crippen LogP contribution in [0, 0.1) is 0 Å². The van der Waals surface area contributed by atoms with Gasteiger partial charge in [0.05, 0.1) is 19.7 Å². The molecule has 3 aromatic rings. The van der Waals surface area contributed by atoms with Crippen molar-refractivity contribution in [3.05, 3.63) is 71.0 Å². The maximum absolute atomic E-state index is 6.01. The van der Waals surface area contributed by atoms with Gasteiger partial charge in [-0.05, 0) is 49.7 Å². The second kappa shape index (κ2) is 10.1. The Bertz CT molecular complexity index is 912. The van der Waals surface area contributed by atoms with Gasteiger partial charge in [-0.15, -0.1) is 10.2 Å². The lowest BCUT2D eigenvalue weighted by atomic mass is 10.2. The SMILES string of the molecule is Clc1cccc(OCCSc2nnc(CN3CCCC3)n2Cc2ccccc2)c1. The Kier molecular flexibility index (Phi) is 7.09. The zero-order valence-electron chi connectivity index (χ0n) is 16.3. The molecule has 0 bridgehead atoms. The summed E-state index contributed by atoms with van der Waals surface area (Å²) in [5.41, 5.74) is 1.26. The lowest BCUT2D eigenvalue weighted by molar-refractivity contribution is 0.316. The smallest absolute Gasteiger partial charge is 0.191 e. The van der Waals surface area contributed by atoms with Crippen LogP contribution in [0.3, 0.4) is 0 Å². The molecule has 1 aliphatic rings. The van der Waals surface area contributed by atoms with E-state index in [4.69, 9.17) is 16.3 Å². The fourth-order valence-corrected chi connectivity index (χ4v) is 4.41. The Hall–Kier alpha value is -2.02. The molecular formula is C22H25ClN4OS. The van der Waals surface area contributed by atoms with Crippen LogP contribution >= 0.6 is 23.4 Å². The molecule has 0 spiro atoms. The second-order valence-corrected chi connectivity index (χ2v) is 8.61. The number of hydrogen-bond donors (Lipinski definition) is 0. The van der Waals surface area contributed by atoms with Crippen molar-refractivity contribution in [2.75, 3.05) is 25.4 Å². The predicted molar refractivity (Wildman–Crippen MR) is 118 cm³/mol. The molecule has 7 heteroatoms. The summed E-state index contributed by atoms with van der Waals surface area (Å²) in [5, 5.41) is 10.6. The van der Waals surface area contributed by atoms with Crippen LogP contribution in [0.2, 0.25) is 5.02 Å².